The predicted octanol–water partition coefficient (Wildman–Crippen LogP) is 2.40. The molecule has 0 saturated carbocycles. The monoisotopic (exact) mass is 509 g/mol. The molecule has 4 rings (SSSR count). The van der Waals surface area contributed by atoms with Crippen LogP contribution in [0.5, 0.6) is 0 Å². The fourth-order valence-electron chi connectivity index (χ4n) is 3.48. The van der Waals surface area contributed by atoms with E-state index < -0.39 is 36.4 Å². The number of hydrogen-bond acceptors (Lipinski definition) is 11. The van der Waals surface area contributed by atoms with Crippen molar-refractivity contribution in [2.75, 3.05) is 18.9 Å². The number of anilines is 1. The van der Waals surface area contributed by atoms with Gasteiger partial charge in [-0.25, -0.2) is 9.67 Å². The summed E-state index contributed by atoms with van der Waals surface area (Å²) >= 11 is 8.56. The minimum absolute atomic E-state index is 0.163. The summed E-state index contributed by atoms with van der Waals surface area (Å²) in [5, 5.41) is 31.8. The summed E-state index contributed by atoms with van der Waals surface area (Å²) in [7, 11) is 0. The van der Waals surface area contributed by atoms with Crippen LogP contribution in [0.2, 0.25) is 5.02 Å². The van der Waals surface area contributed by atoms with Gasteiger partial charge in [-0.3, -0.25) is 0 Å². The molecule has 2 unspecified atom stereocenters. The highest BCUT2D eigenvalue weighted by Crippen LogP contribution is 2.42. The lowest BCUT2D eigenvalue weighted by Gasteiger charge is -2.43. The van der Waals surface area contributed by atoms with Crippen molar-refractivity contribution in [1.29, 1.82) is 0 Å². The summed E-state index contributed by atoms with van der Waals surface area (Å²) in [6.07, 6.45) is 0.268. The van der Waals surface area contributed by atoms with Gasteiger partial charge in [-0.15, -0.1) is 33.2 Å². The Balaban J connectivity index is 1.70. The third-order valence-electron chi connectivity index (χ3n) is 4.93. The molecule has 33 heavy (non-hydrogen) atoms. The Hall–Kier alpha value is -2.31. The van der Waals surface area contributed by atoms with Gasteiger partial charge in [0, 0.05) is 16.9 Å². The normalized spacial score (nSPS) is 25.1. The molecular formula is C19H20ClN7O4S2. The Labute approximate surface area is 202 Å². The highest BCUT2D eigenvalue weighted by molar-refractivity contribution is 8.00. The zero-order valence-electron chi connectivity index (χ0n) is 17.3. The third kappa shape index (κ3) is 4.97. The maximum Gasteiger partial charge on any atom is 0.283 e. The van der Waals surface area contributed by atoms with Crippen molar-refractivity contribution < 1.29 is 19.7 Å². The SMILES string of the molecule is [C-]#[N+]c1ncc(Cl)cc1S[C@H]1OC(CO)[C@H](O)[C@H](n2cc(-c3csc(N)n3)nn2)C1OCC. The topological polar surface area (TPSA) is 146 Å². The van der Waals surface area contributed by atoms with Crippen molar-refractivity contribution in [3.05, 3.63) is 40.3 Å². The van der Waals surface area contributed by atoms with Gasteiger partial charge in [-0.1, -0.05) is 23.4 Å². The van der Waals surface area contributed by atoms with Crippen LogP contribution >= 0.6 is 34.7 Å². The van der Waals surface area contributed by atoms with Crippen LogP contribution in [0.3, 0.4) is 0 Å². The molecule has 0 spiro atoms. The van der Waals surface area contributed by atoms with E-state index in [1.807, 2.05) is 6.92 Å². The van der Waals surface area contributed by atoms with E-state index in [-0.39, 0.29) is 5.82 Å². The number of aliphatic hydroxyl groups excluding tert-OH is 2. The first-order valence-electron chi connectivity index (χ1n) is 9.84. The Morgan fingerprint density at radius 2 is 2.27 bits per heavy atom. The van der Waals surface area contributed by atoms with E-state index in [0.29, 0.717) is 33.0 Å². The highest BCUT2D eigenvalue weighted by Gasteiger charge is 2.48. The summed E-state index contributed by atoms with van der Waals surface area (Å²) in [6, 6.07) is 0.877. The van der Waals surface area contributed by atoms with Gasteiger partial charge in [0.25, 0.3) is 5.82 Å². The van der Waals surface area contributed by atoms with Crippen LogP contribution in [-0.2, 0) is 9.47 Å². The molecule has 0 amide bonds. The van der Waals surface area contributed by atoms with Crippen LogP contribution < -0.4 is 5.73 Å². The van der Waals surface area contributed by atoms with Crippen molar-refractivity contribution in [2.24, 2.45) is 0 Å². The van der Waals surface area contributed by atoms with Gasteiger partial charge in [0.05, 0.1) is 17.8 Å². The number of halogens is 1. The first-order chi connectivity index (χ1) is 15.9. The smallest absolute Gasteiger partial charge is 0.283 e. The molecule has 1 saturated heterocycles. The average molecular weight is 510 g/mol. The Kier molecular flexibility index (Phi) is 7.45. The molecule has 4 heterocycles. The fraction of sp³-hybridized carbons (Fsp3) is 0.421. The first kappa shape index (κ1) is 23.8. The van der Waals surface area contributed by atoms with Crippen LogP contribution in [0, 0.1) is 6.57 Å². The van der Waals surface area contributed by atoms with Crippen LogP contribution in [0.15, 0.2) is 28.7 Å². The van der Waals surface area contributed by atoms with E-state index in [9.17, 15) is 10.2 Å². The average Bonchev–Trinajstić information content (AvgIpc) is 3.45. The van der Waals surface area contributed by atoms with E-state index >= 15 is 0 Å². The third-order valence-corrected chi connectivity index (χ3v) is 6.98. The fourth-order valence-corrected chi connectivity index (χ4v) is 5.48. The number of ether oxygens (including phenoxy) is 2. The highest BCUT2D eigenvalue weighted by atomic mass is 35.5. The molecule has 0 radical (unpaired) electrons. The van der Waals surface area contributed by atoms with Gasteiger partial charge >= 0.3 is 0 Å². The second kappa shape index (κ2) is 10.3. The minimum atomic E-state index is -1.14. The molecule has 1 aliphatic rings. The number of hydrogen-bond donors (Lipinski definition) is 3. The number of nitrogen functional groups attached to an aromatic ring is 1. The largest absolute Gasteiger partial charge is 0.394 e. The van der Waals surface area contributed by atoms with Gasteiger partial charge < -0.3 is 30.3 Å². The molecule has 1 fully saturated rings. The lowest BCUT2D eigenvalue weighted by Crippen LogP contribution is -2.55. The second-order valence-corrected chi connectivity index (χ2v) is 9.45. The number of thioether (sulfide) groups is 1. The zero-order valence-corrected chi connectivity index (χ0v) is 19.7. The number of aliphatic hydroxyl groups is 2. The maximum absolute atomic E-state index is 11.0. The second-order valence-electron chi connectivity index (χ2n) is 6.99. The summed E-state index contributed by atoms with van der Waals surface area (Å²) in [4.78, 5) is 12.2. The van der Waals surface area contributed by atoms with E-state index in [0.717, 1.165) is 0 Å². The van der Waals surface area contributed by atoms with E-state index in [1.165, 1.54) is 34.0 Å². The molecule has 11 nitrogen and oxygen atoms in total. The summed E-state index contributed by atoms with van der Waals surface area (Å²) in [6.45, 7) is 9.10. The predicted molar refractivity (Wildman–Crippen MR) is 123 cm³/mol. The first-order valence-corrected chi connectivity index (χ1v) is 12.0. The van der Waals surface area contributed by atoms with Crippen LogP contribution in [0.1, 0.15) is 13.0 Å². The lowest BCUT2D eigenvalue weighted by molar-refractivity contribution is -0.191. The minimum Gasteiger partial charge on any atom is -0.394 e. The molecule has 174 valence electrons. The molecule has 3 aromatic heterocycles. The van der Waals surface area contributed by atoms with Crippen molar-refractivity contribution in [2.45, 2.75) is 41.6 Å². The van der Waals surface area contributed by atoms with Gasteiger partial charge in [-0.2, -0.15) is 0 Å². The Morgan fingerprint density at radius 1 is 1.45 bits per heavy atom. The van der Waals surface area contributed by atoms with Crippen LogP contribution in [0.4, 0.5) is 10.9 Å². The van der Waals surface area contributed by atoms with Crippen molar-refractivity contribution in [3.8, 4) is 11.4 Å². The van der Waals surface area contributed by atoms with Gasteiger partial charge in [-0.05, 0) is 13.0 Å². The van der Waals surface area contributed by atoms with E-state index in [2.05, 4.69) is 25.1 Å². The van der Waals surface area contributed by atoms with E-state index in [1.54, 1.807) is 17.6 Å². The Morgan fingerprint density at radius 3 is 2.94 bits per heavy atom. The molecule has 3 aromatic rings. The molecule has 0 bridgehead atoms. The molecule has 14 heteroatoms. The standard InChI is InChI=1S/C19H20ClN7O4S2/c1-3-30-16-14(27-6-10(25-26-27)11-8-32-19(21)24-11)15(29)12(7-28)31-18(16)33-13-4-9(20)5-23-17(13)22-2/h4-6,8,12,14-16,18,28-29H,3,7H2,1H3,(H2,21,24)/t12?,14-,15-,16?,18+/m0/s1. The molecule has 1 aliphatic heterocycles. The molecular weight excluding hydrogens is 490 g/mol. The number of pyridine rings is 1. The van der Waals surface area contributed by atoms with Crippen LogP contribution in [-0.4, -0.2) is 72.1 Å². The van der Waals surface area contributed by atoms with Gasteiger partial charge in [0.15, 0.2) is 5.13 Å². The van der Waals surface area contributed by atoms with Gasteiger partial charge in [0.2, 0.25) is 0 Å². The number of thiazole rings is 1. The van der Waals surface area contributed by atoms with E-state index in [4.69, 9.17) is 33.4 Å². The molecule has 0 aromatic carbocycles. The van der Waals surface area contributed by atoms with Gasteiger partial charge in [0.1, 0.15) is 47.4 Å². The number of nitrogens with two attached hydrogens (primary N) is 1. The summed E-state index contributed by atoms with van der Waals surface area (Å²) in [5.74, 6) is 0.163. The van der Waals surface area contributed by atoms with Crippen LogP contribution in [0.25, 0.3) is 16.2 Å². The molecule has 4 N–H and O–H groups in total. The summed E-state index contributed by atoms with van der Waals surface area (Å²) < 4.78 is 13.4. The number of nitrogens with zero attached hydrogens (tertiary/aromatic N) is 6. The quantitative estimate of drug-likeness (QED) is 0.406. The lowest BCUT2D eigenvalue weighted by atomic mass is 9.97. The van der Waals surface area contributed by atoms with Crippen molar-refractivity contribution in [3.63, 3.8) is 0 Å². The number of aromatic nitrogens is 5. The van der Waals surface area contributed by atoms with Crippen molar-refractivity contribution in [1.82, 2.24) is 25.0 Å². The van der Waals surface area contributed by atoms with Crippen molar-refractivity contribution >= 4 is 45.6 Å². The summed E-state index contributed by atoms with van der Waals surface area (Å²) in [5.41, 5.74) is 6.06. The maximum atomic E-state index is 11.0. The molecule has 5 atom stereocenters. The molecule has 0 aliphatic carbocycles. The zero-order chi connectivity index (χ0) is 23.5. The number of rotatable bonds is 7. The Bertz CT molecular complexity index is 1150.